The first-order chi connectivity index (χ1) is 8.72. The summed E-state index contributed by atoms with van der Waals surface area (Å²) in [4.78, 5) is 13.7. The van der Waals surface area contributed by atoms with Crippen LogP contribution >= 0.6 is 0 Å². The van der Waals surface area contributed by atoms with Crippen LogP contribution in [0.3, 0.4) is 0 Å². The monoisotopic (exact) mass is 251 g/mol. The Morgan fingerprint density at radius 1 is 1.33 bits per heavy atom. The van der Waals surface area contributed by atoms with Gasteiger partial charge >= 0.3 is 0 Å². The molecular weight excluding hydrogens is 234 g/mol. The van der Waals surface area contributed by atoms with E-state index in [0.717, 1.165) is 0 Å². The van der Waals surface area contributed by atoms with E-state index in [0.29, 0.717) is 37.6 Å². The number of carbonyl (C=O) groups is 1. The first kappa shape index (κ1) is 12.9. The number of amides is 1. The average molecular weight is 251 g/mol. The smallest absolute Gasteiger partial charge is 0.256 e. The maximum absolute atomic E-state index is 12.0. The number of benzene rings is 1. The minimum absolute atomic E-state index is 0.275. The van der Waals surface area contributed by atoms with E-state index in [-0.39, 0.29) is 5.91 Å². The zero-order chi connectivity index (χ0) is 13.0. The number of carbonyl (C=O) groups excluding carboxylic acids is 1. The van der Waals surface area contributed by atoms with Crippen LogP contribution in [0.5, 0.6) is 5.75 Å². The van der Waals surface area contributed by atoms with Gasteiger partial charge in [-0.05, 0) is 17.7 Å². The molecule has 1 heterocycles. The minimum atomic E-state index is -1.12. The fourth-order valence-corrected chi connectivity index (χ4v) is 1.89. The number of nitrogens with zero attached hydrogens (tertiary/aromatic N) is 1. The van der Waals surface area contributed by atoms with Gasteiger partial charge in [0.15, 0.2) is 6.10 Å². The Labute approximate surface area is 106 Å². The Bertz CT molecular complexity index is 398. The van der Waals surface area contributed by atoms with Crippen molar-refractivity contribution in [2.75, 3.05) is 33.4 Å². The maximum atomic E-state index is 12.0. The van der Waals surface area contributed by atoms with Crippen molar-refractivity contribution in [3.63, 3.8) is 0 Å². The Balaban J connectivity index is 2.04. The lowest BCUT2D eigenvalue weighted by Crippen LogP contribution is -2.43. The van der Waals surface area contributed by atoms with E-state index in [4.69, 9.17) is 9.47 Å². The first-order valence-electron chi connectivity index (χ1n) is 5.91. The number of rotatable bonds is 3. The standard InChI is InChI=1S/C13H17NO4/c1-17-11-4-2-10(3-5-11)12(15)13(16)14-6-8-18-9-7-14/h2-5,12,15H,6-9H2,1H3. The van der Waals surface area contributed by atoms with Gasteiger partial charge in [-0.15, -0.1) is 0 Å². The van der Waals surface area contributed by atoms with Crippen molar-refractivity contribution in [2.24, 2.45) is 0 Å². The van der Waals surface area contributed by atoms with Crippen molar-refractivity contribution in [1.29, 1.82) is 0 Å². The highest BCUT2D eigenvalue weighted by molar-refractivity contribution is 5.82. The van der Waals surface area contributed by atoms with E-state index in [1.807, 2.05) is 0 Å². The molecule has 1 aliphatic heterocycles. The molecule has 0 saturated carbocycles. The molecule has 1 aromatic carbocycles. The van der Waals surface area contributed by atoms with E-state index in [9.17, 15) is 9.90 Å². The fourth-order valence-electron chi connectivity index (χ4n) is 1.89. The zero-order valence-electron chi connectivity index (χ0n) is 10.3. The molecule has 1 amide bonds. The summed E-state index contributed by atoms with van der Waals surface area (Å²) in [6, 6.07) is 6.85. The van der Waals surface area contributed by atoms with Crippen molar-refractivity contribution in [3.05, 3.63) is 29.8 Å². The summed E-state index contributed by atoms with van der Waals surface area (Å²) in [5.74, 6) is 0.424. The molecule has 0 aromatic heterocycles. The van der Waals surface area contributed by atoms with Gasteiger partial charge < -0.3 is 19.5 Å². The predicted molar refractivity (Wildman–Crippen MR) is 65.4 cm³/mol. The van der Waals surface area contributed by atoms with Gasteiger partial charge in [-0.3, -0.25) is 4.79 Å². The van der Waals surface area contributed by atoms with Crippen LogP contribution in [0.2, 0.25) is 0 Å². The molecule has 1 atom stereocenters. The van der Waals surface area contributed by atoms with Crippen molar-refractivity contribution in [3.8, 4) is 5.75 Å². The third kappa shape index (κ3) is 2.80. The second kappa shape index (κ2) is 5.84. The van der Waals surface area contributed by atoms with Crippen LogP contribution in [-0.4, -0.2) is 49.3 Å². The van der Waals surface area contributed by atoms with E-state index in [2.05, 4.69) is 0 Å². The molecule has 2 rings (SSSR count). The van der Waals surface area contributed by atoms with Crippen LogP contribution in [0.15, 0.2) is 24.3 Å². The van der Waals surface area contributed by atoms with Gasteiger partial charge in [-0.2, -0.15) is 0 Å². The number of hydrogen-bond donors (Lipinski definition) is 1. The SMILES string of the molecule is COc1ccc(C(O)C(=O)N2CCOCC2)cc1. The molecule has 1 unspecified atom stereocenters. The largest absolute Gasteiger partial charge is 0.497 e. The van der Waals surface area contributed by atoms with E-state index in [1.54, 1.807) is 36.3 Å². The Morgan fingerprint density at radius 2 is 1.94 bits per heavy atom. The summed E-state index contributed by atoms with van der Waals surface area (Å²) in [6.45, 7) is 2.13. The number of methoxy groups -OCH3 is 1. The number of ether oxygens (including phenoxy) is 2. The summed E-state index contributed by atoms with van der Waals surface area (Å²) in [5, 5.41) is 10.0. The van der Waals surface area contributed by atoms with Crippen LogP contribution in [0.1, 0.15) is 11.7 Å². The molecule has 18 heavy (non-hydrogen) atoms. The fraction of sp³-hybridized carbons (Fsp3) is 0.462. The van der Waals surface area contributed by atoms with Crippen LogP contribution < -0.4 is 4.74 Å². The second-order valence-corrected chi connectivity index (χ2v) is 4.11. The summed E-state index contributed by atoms with van der Waals surface area (Å²) in [5.41, 5.74) is 0.576. The molecule has 98 valence electrons. The van der Waals surface area contributed by atoms with Gasteiger partial charge in [0, 0.05) is 13.1 Å². The first-order valence-corrected chi connectivity index (χ1v) is 5.91. The molecule has 0 bridgehead atoms. The van der Waals surface area contributed by atoms with E-state index < -0.39 is 6.10 Å². The molecule has 0 aliphatic carbocycles. The van der Waals surface area contributed by atoms with Crippen LogP contribution in [0.25, 0.3) is 0 Å². The predicted octanol–water partition coefficient (Wildman–Crippen LogP) is 0.587. The van der Waals surface area contributed by atoms with Gasteiger partial charge in [0.25, 0.3) is 5.91 Å². The number of aliphatic hydroxyl groups excluding tert-OH is 1. The third-order valence-corrected chi connectivity index (χ3v) is 2.99. The molecule has 1 N–H and O–H groups in total. The molecule has 1 fully saturated rings. The Hall–Kier alpha value is -1.59. The number of aliphatic hydroxyl groups is 1. The minimum Gasteiger partial charge on any atom is -0.497 e. The van der Waals surface area contributed by atoms with E-state index >= 15 is 0 Å². The lowest BCUT2D eigenvalue weighted by atomic mass is 10.1. The normalized spacial score (nSPS) is 17.3. The molecule has 0 spiro atoms. The zero-order valence-corrected chi connectivity index (χ0v) is 10.3. The van der Waals surface area contributed by atoms with Crippen molar-refractivity contribution in [2.45, 2.75) is 6.10 Å². The summed E-state index contributed by atoms with van der Waals surface area (Å²) in [6.07, 6.45) is -1.12. The van der Waals surface area contributed by atoms with Crippen molar-refractivity contribution in [1.82, 2.24) is 4.90 Å². The lowest BCUT2D eigenvalue weighted by Gasteiger charge is -2.28. The molecule has 5 nitrogen and oxygen atoms in total. The van der Waals surface area contributed by atoms with E-state index in [1.165, 1.54) is 0 Å². The van der Waals surface area contributed by atoms with Gasteiger partial charge in [0.2, 0.25) is 0 Å². The Morgan fingerprint density at radius 3 is 2.50 bits per heavy atom. The summed E-state index contributed by atoms with van der Waals surface area (Å²) < 4.78 is 10.2. The average Bonchev–Trinajstić information content (AvgIpc) is 2.47. The van der Waals surface area contributed by atoms with Gasteiger partial charge in [0.1, 0.15) is 5.75 Å². The molecular formula is C13H17NO4. The van der Waals surface area contributed by atoms with Gasteiger partial charge in [0.05, 0.1) is 20.3 Å². The number of hydrogen-bond acceptors (Lipinski definition) is 4. The van der Waals surface area contributed by atoms with Crippen LogP contribution in [-0.2, 0) is 9.53 Å². The quantitative estimate of drug-likeness (QED) is 0.854. The van der Waals surface area contributed by atoms with Gasteiger partial charge in [-0.25, -0.2) is 0 Å². The summed E-state index contributed by atoms with van der Waals surface area (Å²) >= 11 is 0. The Kier molecular flexibility index (Phi) is 4.17. The topological polar surface area (TPSA) is 59.0 Å². The molecule has 1 aromatic rings. The van der Waals surface area contributed by atoms with Crippen molar-refractivity contribution >= 4 is 5.91 Å². The van der Waals surface area contributed by atoms with Crippen molar-refractivity contribution < 1.29 is 19.4 Å². The van der Waals surface area contributed by atoms with Crippen LogP contribution in [0, 0.1) is 0 Å². The third-order valence-electron chi connectivity index (χ3n) is 2.99. The van der Waals surface area contributed by atoms with Gasteiger partial charge in [-0.1, -0.05) is 12.1 Å². The highest BCUT2D eigenvalue weighted by Gasteiger charge is 2.25. The highest BCUT2D eigenvalue weighted by atomic mass is 16.5. The number of morpholine rings is 1. The highest BCUT2D eigenvalue weighted by Crippen LogP contribution is 2.19. The molecule has 5 heteroatoms. The van der Waals surface area contributed by atoms with Crippen LogP contribution in [0.4, 0.5) is 0 Å². The lowest BCUT2D eigenvalue weighted by molar-refractivity contribution is -0.144. The maximum Gasteiger partial charge on any atom is 0.256 e. The second-order valence-electron chi connectivity index (χ2n) is 4.11. The molecule has 0 radical (unpaired) electrons. The molecule has 1 saturated heterocycles. The summed E-state index contributed by atoms with van der Waals surface area (Å²) in [7, 11) is 1.57. The molecule has 1 aliphatic rings.